The molecule has 0 aromatic heterocycles. The Balaban J connectivity index is 2.49. The van der Waals surface area contributed by atoms with Crippen molar-refractivity contribution in [1.29, 1.82) is 0 Å². The first kappa shape index (κ1) is 15.5. The van der Waals surface area contributed by atoms with Gasteiger partial charge < -0.3 is 10.4 Å². The number of alkyl halides is 3. The number of benzene rings is 1. The molecule has 2 N–H and O–H groups in total. The molecule has 0 fully saturated rings. The average Bonchev–Trinajstić information content (AvgIpc) is 2.33. The lowest BCUT2D eigenvalue weighted by atomic mass is 10.1. The van der Waals surface area contributed by atoms with Crippen LogP contribution < -0.4 is 5.32 Å². The maximum Gasteiger partial charge on any atom is 0.389 e. The SMILES string of the molecule is O=C(CCC(F)(F)F)Nc1cccc(CCCO)c1. The zero-order valence-corrected chi connectivity index (χ0v) is 10.3. The van der Waals surface area contributed by atoms with E-state index in [1.165, 1.54) is 0 Å². The number of aryl methyl sites for hydroxylation is 1. The molecule has 0 heterocycles. The van der Waals surface area contributed by atoms with Crippen molar-refractivity contribution in [2.75, 3.05) is 11.9 Å². The van der Waals surface area contributed by atoms with E-state index in [0.29, 0.717) is 18.5 Å². The molecule has 0 saturated carbocycles. The largest absolute Gasteiger partial charge is 0.396 e. The van der Waals surface area contributed by atoms with Crippen LogP contribution >= 0.6 is 0 Å². The fraction of sp³-hybridized carbons (Fsp3) is 0.462. The van der Waals surface area contributed by atoms with E-state index in [4.69, 9.17) is 5.11 Å². The van der Waals surface area contributed by atoms with Crippen LogP contribution in [0.2, 0.25) is 0 Å². The second kappa shape index (κ2) is 7.13. The van der Waals surface area contributed by atoms with Gasteiger partial charge in [0.1, 0.15) is 0 Å². The number of hydrogen-bond donors (Lipinski definition) is 2. The Labute approximate surface area is 109 Å². The Hall–Kier alpha value is -1.56. The molecule has 1 rings (SSSR count). The Morgan fingerprint density at radius 1 is 1.32 bits per heavy atom. The molecule has 0 aliphatic heterocycles. The first-order chi connectivity index (χ1) is 8.90. The standard InChI is InChI=1S/C13H16F3NO2/c14-13(15,16)7-6-12(19)17-11-5-1-3-10(9-11)4-2-8-18/h1,3,5,9,18H,2,4,6-8H2,(H,17,19). The highest BCUT2D eigenvalue weighted by Crippen LogP contribution is 2.21. The summed E-state index contributed by atoms with van der Waals surface area (Å²) >= 11 is 0. The Morgan fingerprint density at radius 2 is 2.05 bits per heavy atom. The van der Waals surface area contributed by atoms with E-state index in [9.17, 15) is 18.0 Å². The molecule has 0 radical (unpaired) electrons. The van der Waals surface area contributed by atoms with Crippen molar-refractivity contribution in [3.8, 4) is 0 Å². The average molecular weight is 275 g/mol. The monoisotopic (exact) mass is 275 g/mol. The van der Waals surface area contributed by atoms with Crippen molar-refractivity contribution >= 4 is 11.6 Å². The van der Waals surface area contributed by atoms with Crippen LogP contribution in [0.4, 0.5) is 18.9 Å². The van der Waals surface area contributed by atoms with Gasteiger partial charge >= 0.3 is 6.18 Å². The number of hydrogen-bond acceptors (Lipinski definition) is 2. The van der Waals surface area contributed by atoms with Crippen LogP contribution in [-0.2, 0) is 11.2 Å². The first-order valence-electron chi connectivity index (χ1n) is 5.97. The number of carbonyl (C=O) groups excluding carboxylic acids is 1. The van der Waals surface area contributed by atoms with Gasteiger partial charge in [0, 0.05) is 18.7 Å². The van der Waals surface area contributed by atoms with Crippen molar-refractivity contribution in [2.24, 2.45) is 0 Å². The highest BCUT2D eigenvalue weighted by molar-refractivity contribution is 5.90. The number of aliphatic hydroxyl groups excluding tert-OH is 1. The molecule has 0 aliphatic rings. The van der Waals surface area contributed by atoms with Gasteiger partial charge in [-0.25, -0.2) is 0 Å². The molecule has 6 heteroatoms. The van der Waals surface area contributed by atoms with E-state index in [-0.39, 0.29) is 6.61 Å². The van der Waals surface area contributed by atoms with E-state index < -0.39 is 24.9 Å². The quantitative estimate of drug-likeness (QED) is 0.838. The third kappa shape index (κ3) is 6.81. The lowest BCUT2D eigenvalue weighted by molar-refractivity contribution is -0.142. The molecular weight excluding hydrogens is 259 g/mol. The molecule has 19 heavy (non-hydrogen) atoms. The second-order valence-corrected chi connectivity index (χ2v) is 4.19. The van der Waals surface area contributed by atoms with Crippen molar-refractivity contribution in [2.45, 2.75) is 31.9 Å². The molecule has 1 aromatic rings. The smallest absolute Gasteiger partial charge is 0.389 e. The highest BCUT2D eigenvalue weighted by atomic mass is 19.4. The van der Waals surface area contributed by atoms with Gasteiger partial charge in [0.15, 0.2) is 0 Å². The van der Waals surface area contributed by atoms with Gasteiger partial charge in [0.25, 0.3) is 0 Å². The van der Waals surface area contributed by atoms with Gasteiger partial charge in [-0.05, 0) is 30.5 Å². The molecule has 1 amide bonds. The summed E-state index contributed by atoms with van der Waals surface area (Å²) in [4.78, 5) is 11.3. The van der Waals surface area contributed by atoms with E-state index >= 15 is 0 Å². The molecular formula is C13H16F3NO2. The minimum atomic E-state index is -4.32. The van der Waals surface area contributed by atoms with E-state index in [1.807, 2.05) is 6.07 Å². The lowest BCUT2D eigenvalue weighted by Gasteiger charge is -2.08. The fourth-order valence-electron chi connectivity index (χ4n) is 1.57. The molecule has 0 saturated heterocycles. The maximum atomic E-state index is 12.0. The van der Waals surface area contributed by atoms with E-state index in [2.05, 4.69) is 5.32 Å². The zero-order chi connectivity index (χ0) is 14.3. The van der Waals surface area contributed by atoms with Gasteiger partial charge in [0.05, 0.1) is 6.42 Å². The maximum absolute atomic E-state index is 12.0. The number of carbonyl (C=O) groups is 1. The summed E-state index contributed by atoms with van der Waals surface area (Å²) in [7, 11) is 0. The van der Waals surface area contributed by atoms with Crippen molar-refractivity contribution in [3.63, 3.8) is 0 Å². The predicted octanol–water partition coefficient (Wildman–Crippen LogP) is 2.89. The number of rotatable bonds is 6. The molecule has 0 bridgehead atoms. The van der Waals surface area contributed by atoms with Crippen LogP contribution in [0.15, 0.2) is 24.3 Å². The minimum absolute atomic E-state index is 0.0716. The third-order valence-corrected chi connectivity index (χ3v) is 2.47. The first-order valence-corrected chi connectivity index (χ1v) is 5.97. The van der Waals surface area contributed by atoms with Gasteiger partial charge in [-0.3, -0.25) is 4.79 Å². The zero-order valence-electron chi connectivity index (χ0n) is 10.3. The summed E-state index contributed by atoms with van der Waals surface area (Å²) in [6.07, 6.45) is -4.76. The van der Waals surface area contributed by atoms with Crippen LogP contribution in [0.25, 0.3) is 0 Å². The van der Waals surface area contributed by atoms with Gasteiger partial charge in [0.2, 0.25) is 5.91 Å². The molecule has 0 unspecified atom stereocenters. The second-order valence-electron chi connectivity index (χ2n) is 4.19. The summed E-state index contributed by atoms with van der Waals surface area (Å²) < 4.78 is 35.9. The molecule has 0 aliphatic carbocycles. The summed E-state index contributed by atoms with van der Waals surface area (Å²) in [6, 6.07) is 6.86. The Bertz CT molecular complexity index is 419. The molecule has 106 valence electrons. The molecule has 1 aromatic carbocycles. The van der Waals surface area contributed by atoms with E-state index in [0.717, 1.165) is 5.56 Å². The van der Waals surface area contributed by atoms with Gasteiger partial charge in [-0.15, -0.1) is 0 Å². The van der Waals surface area contributed by atoms with Crippen LogP contribution in [0.1, 0.15) is 24.8 Å². The van der Waals surface area contributed by atoms with Crippen molar-refractivity contribution in [3.05, 3.63) is 29.8 Å². The van der Waals surface area contributed by atoms with Crippen LogP contribution in [-0.4, -0.2) is 23.8 Å². The molecule has 0 atom stereocenters. The van der Waals surface area contributed by atoms with Crippen LogP contribution in [0.3, 0.4) is 0 Å². The fourth-order valence-corrected chi connectivity index (χ4v) is 1.57. The van der Waals surface area contributed by atoms with Gasteiger partial charge in [-0.2, -0.15) is 13.2 Å². The molecule has 3 nitrogen and oxygen atoms in total. The number of aliphatic hydroxyl groups is 1. The number of halogens is 3. The number of nitrogens with one attached hydrogen (secondary N) is 1. The van der Waals surface area contributed by atoms with Crippen LogP contribution in [0, 0.1) is 0 Å². The normalized spacial score (nSPS) is 11.4. The number of amides is 1. The predicted molar refractivity (Wildman–Crippen MR) is 65.8 cm³/mol. The van der Waals surface area contributed by atoms with Crippen molar-refractivity contribution in [1.82, 2.24) is 0 Å². The topological polar surface area (TPSA) is 49.3 Å². The summed E-state index contributed by atoms with van der Waals surface area (Å²) in [5.41, 5.74) is 1.39. The minimum Gasteiger partial charge on any atom is -0.396 e. The van der Waals surface area contributed by atoms with E-state index in [1.54, 1.807) is 18.2 Å². The summed E-state index contributed by atoms with van der Waals surface area (Å²) in [5.74, 6) is -0.656. The number of anilines is 1. The molecule has 0 spiro atoms. The third-order valence-electron chi connectivity index (χ3n) is 2.47. The van der Waals surface area contributed by atoms with Crippen molar-refractivity contribution < 1.29 is 23.1 Å². The Kier molecular flexibility index (Phi) is 5.82. The summed E-state index contributed by atoms with van der Waals surface area (Å²) in [5, 5.41) is 11.1. The lowest BCUT2D eigenvalue weighted by Crippen LogP contribution is -2.16. The Morgan fingerprint density at radius 3 is 2.68 bits per heavy atom. The van der Waals surface area contributed by atoms with Gasteiger partial charge in [-0.1, -0.05) is 12.1 Å². The summed E-state index contributed by atoms with van der Waals surface area (Å²) in [6.45, 7) is 0.0716. The highest BCUT2D eigenvalue weighted by Gasteiger charge is 2.27. The van der Waals surface area contributed by atoms with Crippen LogP contribution in [0.5, 0.6) is 0 Å².